The van der Waals surface area contributed by atoms with E-state index < -0.39 is 0 Å². The molecule has 3 aromatic heterocycles. The molecule has 0 atom stereocenters. The Morgan fingerprint density at radius 3 is 2.66 bits per heavy atom. The van der Waals surface area contributed by atoms with Crippen LogP contribution in [0.3, 0.4) is 0 Å². The lowest BCUT2D eigenvalue weighted by Gasteiger charge is -2.21. The van der Waals surface area contributed by atoms with Gasteiger partial charge in [0.15, 0.2) is 0 Å². The highest BCUT2D eigenvalue weighted by Crippen LogP contribution is 2.16. The van der Waals surface area contributed by atoms with Crippen LogP contribution in [0.5, 0.6) is 0 Å². The smallest absolute Gasteiger partial charge is 0.274 e. The number of aromatic nitrogens is 5. The Morgan fingerprint density at radius 1 is 1.14 bits per heavy atom. The summed E-state index contributed by atoms with van der Waals surface area (Å²) in [6.45, 7) is 6.06. The van der Waals surface area contributed by atoms with Gasteiger partial charge in [0.1, 0.15) is 11.4 Å². The van der Waals surface area contributed by atoms with Crippen LogP contribution in [-0.2, 0) is 6.42 Å². The summed E-state index contributed by atoms with van der Waals surface area (Å²) in [6, 6.07) is 3.61. The minimum Gasteiger partial charge on any atom is -0.335 e. The highest BCUT2D eigenvalue weighted by atomic mass is 16.2. The second-order valence-electron chi connectivity index (χ2n) is 7.30. The van der Waals surface area contributed by atoms with E-state index in [0.717, 1.165) is 25.0 Å². The maximum Gasteiger partial charge on any atom is 0.274 e. The monoisotopic (exact) mass is 395 g/mol. The van der Waals surface area contributed by atoms with Crippen LogP contribution in [0.15, 0.2) is 24.5 Å². The van der Waals surface area contributed by atoms with Gasteiger partial charge in [0.05, 0.1) is 5.69 Å². The number of carbonyl (C=O) groups excluding carboxylic acids is 2. The highest BCUT2D eigenvalue weighted by molar-refractivity contribution is 5.95. The molecule has 3 aromatic rings. The van der Waals surface area contributed by atoms with Crippen LogP contribution in [0, 0.1) is 6.92 Å². The lowest BCUT2D eigenvalue weighted by Crippen LogP contribution is -2.38. The van der Waals surface area contributed by atoms with Crippen molar-refractivity contribution in [3.8, 4) is 0 Å². The van der Waals surface area contributed by atoms with Crippen molar-refractivity contribution in [2.75, 3.05) is 26.2 Å². The number of hydrogen-bond donors (Lipinski definition) is 1. The minimum atomic E-state index is -0.0897. The molecule has 152 valence electrons. The zero-order valence-electron chi connectivity index (χ0n) is 16.8. The molecule has 0 radical (unpaired) electrons. The predicted octanol–water partition coefficient (Wildman–Crippen LogP) is 1.70. The second-order valence-corrected chi connectivity index (χ2v) is 7.30. The largest absolute Gasteiger partial charge is 0.335 e. The fourth-order valence-corrected chi connectivity index (χ4v) is 3.76. The van der Waals surface area contributed by atoms with Gasteiger partial charge in [-0.05, 0) is 31.9 Å². The van der Waals surface area contributed by atoms with Crippen LogP contribution in [0.2, 0.25) is 0 Å². The Hall–Kier alpha value is -3.23. The molecule has 1 aliphatic heterocycles. The summed E-state index contributed by atoms with van der Waals surface area (Å²) in [5.74, 6) is 0.344. The molecule has 0 aliphatic carbocycles. The van der Waals surface area contributed by atoms with Crippen LogP contribution in [0.4, 0.5) is 0 Å². The molecule has 1 N–H and O–H groups in total. The molecule has 1 fully saturated rings. The summed E-state index contributed by atoms with van der Waals surface area (Å²) in [6.07, 6.45) is 6.05. The average Bonchev–Trinajstić information content (AvgIpc) is 3.22. The van der Waals surface area contributed by atoms with E-state index in [1.807, 2.05) is 13.0 Å². The fourth-order valence-electron chi connectivity index (χ4n) is 3.76. The number of H-pyrrole nitrogens is 1. The van der Waals surface area contributed by atoms with E-state index in [-0.39, 0.29) is 11.8 Å². The van der Waals surface area contributed by atoms with Gasteiger partial charge in [-0.3, -0.25) is 19.1 Å². The Morgan fingerprint density at radius 2 is 1.90 bits per heavy atom. The van der Waals surface area contributed by atoms with E-state index in [0.29, 0.717) is 49.0 Å². The molecule has 29 heavy (non-hydrogen) atoms. The highest BCUT2D eigenvalue weighted by Gasteiger charge is 2.27. The number of rotatable bonds is 4. The van der Waals surface area contributed by atoms with Crippen LogP contribution in [-0.4, -0.2) is 72.4 Å². The van der Waals surface area contributed by atoms with Gasteiger partial charge in [0.2, 0.25) is 5.78 Å². The predicted molar refractivity (Wildman–Crippen MR) is 107 cm³/mol. The van der Waals surface area contributed by atoms with Gasteiger partial charge in [-0.1, -0.05) is 13.3 Å². The quantitative estimate of drug-likeness (QED) is 0.725. The number of nitrogens with one attached hydrogen (secondary N) is 1. The van der Waals surface area contributed by atoms with Crippen molar-refractivity contribution >= 4 is 17.6 Å². The third-order valence-corrected chi connectivity index (χ3v) is 5.22. The first-order valence-electron chi connectivity index (χ1n) is 10.0. The lowest BCUT2D eigenvalue weighted by atomic mass is 10.2. The number of amides is 2. The van der Waals surface area contributed by atoms with Gasteiger partial charge in [-0.25, -0.2) is 9.97 Å². The average molecular weight is 395 g/mol. The Kier molecular flexibility index (Phi) is 5.28. The summed E-state index contributed by atoms with van der Waals surface area (Å²) in [4.78, 5) is 38.2. The number of aryl methyl sites for hydroxylation is 2. The SMILES string of the molecule is CCCc1cc(C(=O)N2CCCN(C(=O)c3c(C)nc4ncccn34)CC2)n[nH]1. The molecule has 1 aliphatic rings. The van der Waals surface area contributed by atoms with E-state index in [1.54, 1.807) is 32.7 Å². The molecule has 9 nitrogen and oxygen atoms in total. The van der Waals surface area contributed by atoms with Crippen molar-refractivity contribution in [1.29, 1.82) is 0 Å². The van der Waals surface area contributed by atoms with Gasteiger partial charge >= 0.3 is 0 Å². The fraction of sp³-hybridized carbons (Fsp3) is 0.450. The van der Waals surface area contributed by atoms with Crippen molar-refractivity contribution < 1.29 is 9.59 Å². The third kappa shape index (κ3) is 3.72. The summed E-state index contributed by atoms with van der Waals surface area (Å²) in [5.41, 5.74) is 2.60. The van der Waals surface area contributed by atoms with Gasteiger partial charge in [0, 0.05) is 44.3 Å². The van der Waals surface area contributed by atoms with Crippen molar-refractivity contribution in [3.63, 3.8) is 0 Å². The van der Waals surface area contributed by atoms with Crippen molar-refractivity contribution in [1.82, 2.24) is 34.4 Å². The van der Waals surface area contributed by atoms with E-state index >= 15 is 0 Å². The molecular formula is C20H25N7O2. The maximum atomic E-state index is 13.2. The second kappa shape index (κ2) is 8.02. The molecule has 1 saturated heterocycles. The lowest BCUT2D eigenvalue weighted by molar-refractivity contribution is 0.0711. The van der Waals surface area contributed by atoms with E-state index in [9.17, 15) is 9.59 Å². The maximum absolute atomic E-state index is 13.2. The standard InChI is InChI=1S/C20H25N7O2/c1-3-6-15-13-16(24-23-15)18(28)25-8-5-9-26(12-11-25)19(29)17-14(2)22-20-21-7-4-10-27(17)20/h4,7,10,13H,3,5-6,8-9,11-12H2,1-2H3,(H,23,24). The van der Waals surface area contributed by atoms with E-state index in [4.69, 9.17) is 0 Å². The number of imidazole rings is 1. The van der Waals surface area contributed by atoms with Crippen LogP contribution < -0.4 is 0 Å². The number of fused-ring (bicyclic) bond motifs is 1. The Labute approximate surface area is 168 Å². The molecule has 0 spiro atoms. The van der Waals surface area contributed by atoms with Gasteiger partial charge < -0.3 is 9.80 Å². The van der Waals surface area contributed by atoms with Crippen LogP contribution >= 0.6 is 0 Å². The van der Waals surface area contributed by atoms with E-state index in [2.05, 4.69) is 27.1 Å². The molecule has 9 heteroatoms. The van der Waals surface area contributed by atoms with Gasteiger partial charge in [-0.2, -0.15) is 5.10 Å². The number of hydrogen-bond acceptors (Lipinski definition) is 5. The molecule has 4 rings (SSSR count). The Balaban J connectivity index is 1.47. The molecule has 0 saturated carbocycles. The summed E-state index contributed by atoms with van der Waals surface area (Å²) >= 11 is 0. The molecule has 0 aromatic carbocycles. The summed E-state index contributed by atoms with van der Waals surface area (Å²) in [7, 11) is 0. The molecule has 2 amide bonds. The topological polar surface area (TPSA) is 99.5 Å². The zero-order valence-corrected chi connectivity index (χ0v) is 16.8. The number of nitrogens with zero attached hydrogens (tertiary/aromatic N) is 6. The summed E-state index contributed by atoms with van der Waals surface area (Å²) < 4.78 is 1.73. The van der Waals surface area contributed by atoms with Crippen molar-refractivity contribution in [3.05, 3.63) is 47.3 Å². The molecule has 0 unspecified atom stereocenters. The number of aromatic amines is 1. The van der Waals surface area contributed by atoms with E-state index in [1.165, 1.54) is 0 Å². The zero-order chi connectivity index (χ0) is 20.4. The molecule has 0 bridgehead atoms. The first-order valence-corrected chi connectivity index (χ1v) is 10.0. The van der Waals surface area contributed by atoms with Crippen LogP contribution in [0.25, 0.3) is 5.78 Å². The van der Waals surface area contributed by atoms with Crippen molar-refractivity contribution in [2.24, 2.45) is 0 Å². The van der Waals surface area contributed by atoms with Gasteiger partial charge in [0.25, 0.3) is 11.8 Å². The number of carbonyl (C=O) groups is 2. The molecule has 4 heterocycles. The normalized spacial score (nSPS) is 15.0. The summed E-state index contributed by atoms with van der Waals surface area (Å²) in [5, 5.41) is 7.10. The van der Waals surface area contributed by atoms with Crippen molar-refractivity contribution in [2.45, 2.75) is 33.1 Å². The third-order valence-electron chi connectivity index (χ3n) is 5.22. The first kappa shape index (κ1) is 19.1. The minimum absolute atomic E-state index is 0.0812. The molecular weight excluding hydrogens is 370 g/mol. The Bertz CT molecular complexity index is 1040. The van der Waals surface area contributed by atoms with Crippen LogP contribution in [0.1, 0.15) is 52.1 Å². The first-order chi connectivity index (χ1) is 14.1. The van der Waals surface area contributed by atoms with Gasteiger partial charge in [-0.15, -0.1) is 0 Å².